The average Bonchev–Trinajstić information content (AvgIpc) is 2.82. The molecule has 0 bridgehead atoms. The lowest BCUT2D eigenvalue weighted by Gasteiger charge is -2.32. The lowest BCUT2D eigenvalue weighted by atomic mass is 9.83. The van der Waals surface area contributed by atoms with Gasteiger partial charge in [-0.25, -0.2) is 0 Å². The predicted molar refractivity (Wildman–Crippen MR) is 139 cm³/mol. The van der Waals surface area contributed by atoms with Gasteiger partial charge in [-0.05, 0) is 73.0 Å². The summed E-state index contributed by atoms with van der Waals surface area (Å²) in [6, 6.07) is 19.8. The van der Waals surface area contributed by atoms with Crippen molar-refractivity contribution in [2.45, 2.75) is 45.9 Å². The average molecular weight is 470 g/mol. The van der Waals surface area contributed by atoms with Gasteiger partial charge >= 0.3 is 0 Å². The van der Waals surface area contributed by atoms with E-state index in [9.17, 15) is 10.2 Å². The highest BCUT2D eigenvalue weighted by Gasteiger charge is 2.29. The van der Waals surface area contributed by atoms with Gasteiger partial charge in [0.1, 0.15) is 29.6 Å². The summed E-state index contributed by atoms with van der Waals surface area (Å²) in [7, 11) is 1.66. The molecule has 5 heteroatoms. The molecule has 0 fully saturated rings. The second-order valence-electron chi connectivity index (χ2n) is 9.45. The largest absolute Gasteiger partial charge is 0.507 e. The Hall–Kier alpha value is -3.70. The van der Waals surface area contributed by atoms with E-state index in [2.05, 4.69) is 18.3 Å². The summed E-state index contributed by atoms with van der Waals surface area (Å²) >= 11 is 0. The van der Waals surface area contributed by atoms with Gasteiger partial charge in [-0.2, -0.15) is 0 Å². The zero-order valence-electron chi connectivity index (χ0n) is 20.6. The van der Waals surface area contributed by atoms with Crippen molar-refractivity contribution in [1.82, 2.24) is 5.32 Å². The molecule has 180 valence electrons. The van der Waals surface area contributed by atoms with Crippen molar-refractivity contribution >= 4 is 10.8 Å². The lowest BCUT2D eigenvalue weighted by molar-refractivity contribution is 0.308. The molecular weight excluding hydrogens is 438 g/mol. The van der Waals surface area contributed by atoms with Crippen LogP contribution >= 0.6 is 0 Å². The molecule has 0 aliphatic carbocycles. The van der Waals surface area contributed by atoms with Gasteiger partial charge in [-0.15, -0.1) is 0 Å². The van der Waals surface area contributed by atoms with E-state index in [1.165, 1.54) is 6.07 Å². The minimum absolute atomic E-state index is 0.0240. The number of phenols is 2. The molecule has 0 radical (unpaired) electrons. The monoisotopic (exact) mass is 469 g/mol. The third-order valence-corrected chi connectivity index (χ3v) is 6.82. The van der Waals surface area contributed by atoms with E-state index >= 15 is 0 Å². The summed E-state index contributed by atoms with van der Waals surface area (Å²) in [5.74, 6) is 1.64. The maximum atomic E-state index is 11.1. The van der Waals surface area contributed by atoms with Gasteiger partial charge in [0, 0.05) is 29.3 Å². The molecule has 3 N–H and O–H groups in total. The van der Waals surface area contributed by atoms with E-state index in [1.807, 2.05) is 62.4 Å². The van der Waals surface area contributed by atoms with Crippen LogP contribution in [0.15, 0.2) is 60.7 Å². The molecule has 2 atom stereocenters. The van der Waals surface area contributed by atoms with Crippen LogP contribution in [-0.4, -0.2) is 23.4 Å². The number of hydrogen-bond donors (Lipinski definition) is 3. The molecule has 0 saturated carbocycles. The van der Waals surface area contributed by atoms with Crippen LogP contribution in [0.3, 0.4) is 0 Å². The van der Waals surface area contributed by atoms with Crippen molar-refractivity contribution < 1.29 is 19.7 Å². The van der Waals surface area contributed by atoms with Crippen LogP contribution < -0.4 is 14.8 Å². The maximum absolute atomic E-state index is 11.1. The number of nitrogens with one attached hydrogen (secondary N) is 1. The molecule has 5 nitrogen and oxygen atoms in total. The quantitative estimate of drug-likeness (QED) is 0.315. The van der Waals surface area contributed by atoms with Gasteiger partial charge in [0.25, 0.3) is 0 Å². The van der Waals surface area contributed by atoms with Gasteiger partial charge in [-0.1, -0.05) is 36.4 Å². The van der Waals surface area contributed by atoms with Crippen LogP contribution in [0.25, 0.3) is 21.9 Å². The molecule has 4 aromatic rings. The zero-order chi connectivity index (χ0) is 24.7. The summed E-state index contributed by atoms with van der Waals surface area (Å²) in [5.41, 5.74) is 5.59. The van der Waals surface area contributed by atoms with Crippen LogP contribution in [0, 0.1) is 6.92 Å². The van der Waals surface area contributed by atoms with Crippen LogP contribution in [-0.2, 0) is 13.0 Å². The summed E-state index contributed by atoms with van der Waals surface area (Å²) in [4.78, 5) is 0. The number of fused-ring (bicyclic) bond motifs is 2. The van der Waals surface area contributed by atoms with E-state index in [1.54, 1.807) is 7.11 Å². The smallest absolute Gasteiger partial charge is 0.131 e. The first-order valence-electron chi connectivity index (χ1n) is 12.0. The Labute approximate surface area is 206 Å². The Kier molecular flexibility index (Phi) is 6.03. The second kappa shape index (κ2) is 9.16. The second-order valence-corrected chi connectivity index (χ2v) is 9.45. The zero-order valence-corrected chi connectivity index (χ0v) is 20.6. The third-order valence-electron chi connectivity index (χ3n) is 6.82. The Bertz CT molecular complexity index is 1400. The van der Waals surface area contributed by atoms with Gasteiger partial charge in [0.05, 0.1) is 12.5 Å². The van der Waals surface area contributed by atoms with Crippen LogP contribution in [0.4, 0.5) is 0 Å². The fourth-order valence-corrected chi connectivity index (χ4v) is 5.38. The molecule has 0 saturated heterocycles. The summed E-state index contributed by atoms with van der Waals surface area (Å²) in [5, 5.41) is 27.1. The highest BCUT2D eigenvalue weighted by molar-refractivity contribution is 6.05. The summed E-state index contributed by atoms with van der Waals surface area (Å²) < 4.78 is 12.1. The van der Waals surface area contributed by atoms with Gasteiger partial charge in [-0.3, -0.25) is 0 Å². The molecule has 1 aliphatic heterocycles. The van der Waals surface area contributed by atoms with Gasteiger partial charge in [0.15, 0.2) is 0 Å². The lowest BCUT2D eigenvalue weighted by Crippen LogP contribution is -2.36. The van der Waals surface area contributed by atoms with Crippen LogP contribution in [0.1, 0.15) is 42.1 Å². The van der Waals surface area contributed by atoms with Crippen molar-refractivity contribution in [3.63, 3.8) is 0 Å². The first-order chi connectivity index (χ1) is 16.9. The van der Waals surface area contributed by atoms with E-state index in [0.29, 0.717) is 13.0 Å². The minimum Gasteiger partial charge on any atom is -0.507 e. The first-order valence-corrected chi connectivity index (χ1v) is 12.0. The van der Waals surface area contributed by atoms with Gasteiger partial charge in [0.2, 0.25) is 0 Å². The highest BCUT2D eigenvalue weighted by Crippen LogP contribution is 2.48. The Morgan fingerprint density at radius 3 is 2.46 bits per heavy atom. The highest BCUT2D eigenvalue weighted by atomic mass is 16.5. The number of phenolic OH excluding ortho intramolecular Hbond substituents is 2. The number of aryl methyl sites for hydroxylation is 1. The van der Waals surface area contributed by atoms with Crippen molar-refractivity contribution in [2.75, 3.05) is 7.11 Å². The van der Waals surface area contributed by atoms with Crippen LogP contribution in [0.2, 0.25) is 0 Å². The number of rotatable bonds is 5. The van der Waals surface area contributed by atoms with Crippen molar-refractivity contribution in [3.8, 4) is 34.1 Å². The molecule has 1 aliphatic rings. The van der Waals surface area contributed by atoms with E-state index < -0.39 is 0 Å². The number of methoxy groups -OCH3 is 1. The van der Waals surface area contributed by atoms with Crippen molar-refractivity contribution in [2.24, 2.45) is 0 Å². The van der Waals surface area contributed by atoms with Crippen LogP contribution in [0.5, 0.6) is 23.0 Å². The molecule has 0 unspecified atom stereocenters. The van der Waals surface area contributed by atoms with Crippen molar-refractivity contribution in [3.05, 3.63) is 82.9 Å². The summed E-state index contributed by atoms with van der Waals surface area (Å²) in [6.45, 7) is 6.63. The molecule has 0 spiro atoms. The first kappa shape index (κ1) is 23.1. The molecular formula is C30H31NO4. The van der Waals surface area contributed by atoms with E-state index in [0.717, 1.165) is 55.7 Å². The summed E-state index contributed by atoms with van der Waals surface area (Å²) in [6.07, 6.45) is 0.702. The van der Waals surface area contributed by atoms with E-state index in [4.69, 9.17) is 9.47 Å². The van der Waals surface area contributed by atoms with Crippen molar-refractivity contribution in [1.29, 1.82) is 0 Å². The fourth-order valence-electron chi connectivity index (χ4n) is 5.38. The fraction of sp³-hybridized carbons (Fsp3) is 0.267. The Morgan fingerprint density at radius 2 is 1.71 bits per heavy atom. The Morgan fingerprint density at radius 1 is 0.943 bits per heavy atom. The number of aromatic hydroxyl groups is 2. The van der Waals surface area contributed by atoms with E-state index in [-0.39, 0.29) is 23.6 Å². The molecule has 5 rings (SSSR count). The SMILES string of the molecule is COc1cc(C)cc2c(-c3c(O)cc(O)c4c3C[C@@H](C)N[C@@H]4C)ccc(OCc3ccccc3)c12. The molecule has 0 aromatic heterocycles. The number of ether oxygens (including phenoxy) is 2. The predicted octanol–water partition coefficient (Wildman–Crippen LogP) is 6.41. The maximum Gasteiger partial charge on any atom is 0.131 e. The minimum atomic E-state index is -0.0240. The molecule has 1 heterocycles. The Balaban J connectivity index is 1.73. The standard InChI is InChI=1S/C30H31NO4/c1-17-12-22-21(29-23-14-18(2)31-19(3)28(23)24(32)15-25(29)33)10-11-26(30(22)27(13-17)34-4)35-16-20-8-6-5-7-9-20/h5-13,15,18-19,31-33H,14,16H2,1-4H3/t18-,19-/m1/s1. The topological polar surface area (TPSA) is 71.0 Å². The normalized spacial score (nSPS) is 17.3. The number of hydrogen-bond acceptors (Lipinski definition) is 5. The molecule has 35 heavy (non-hydrogen) atoms. The molecule has 4 aromatic carbocycles. The third kappa shape index (κ3) is 4.17. The van der Waals surface area contributed by atoms with Gasteiger partial charge < -0.3 is 25.0 Å². The molecule has 0 amide bonds. The number of benzene rings is 4.